The van der Waals surface area contributed by atoms with E-state index in [1.54, 1.807) is 108 Å². The molecule has 6 aromatic rings. The first-order chi connectivity index (χ1) is 50.4. The number of benzene rings is 6. The highest BCUT2D eigenvalue weighted by atomic mass is 35.5. The number of alkyl carbamates (subject to hydrolysis) is 2. The number of rotatable bonds is 37. The summed E-state index contributed by atoms with van der Waals surface area (Å²) in [6.07, 6.45) is 2.14. The van der Waals surface area contributed by atoms with Gasteiger partial charge in [0, 0.05) is 58.9 Å². The van der Waals surface area contributed by atoms with Crippen LogP contribution in [0.4, 0.5) is 9.59 Å². The quantitative estimate of drug-likeness (QED) is 0.00993. The highest BCUT2D eigenvalue weighted by Crippen LogP contribution is 2.29. The topological polar surface area (TPSA) is 382 Å². The third kappa shape index (κ3) is 35.0. The monoisotopic (exact) mass is 1520 g/mol. The molecule has 0 saturated heterocycles. The second-order valence-electron chi connectivity index (χ2n) is 28.6. The van der Waals surface area contributed by atoms with Gasteiger partial charge in [0.2, 0.25) is 17.7 Å². The molecule has 0 radical (unpaired) electrons. The number of unbranched alkanes of at least 4 members (excludes halogenated alkanes) is 2. The Bertz CT molecular complexity index is 3890. The Labute approximate surface area is 637 Å². The largest absolute Gasteiger partial charge is 0.508 e. The molecule has 0 aromatic heterocycles. The number of carbonyl (C=O) groups is 10. The van der Waals surface area contributed by atoms with Crippen LogP contribution in [0.3, 0.4) is 0 Å². The van der Waals surface area contributed by atoms with Gasteiger partial charge in [0.15, 0.2) is 5.78 Å². The van der Waals surface area contributed by atoms with E-state index in [2.05, 4.69) is 16.0 Å². The summed E-state index contributed by atoms with van der Waals surface area (Å²) in [5.41, 5.74) is 23.8. The summed E-state index contributed by atoms with van der Waals surface area (Å²) >= 11 is 12.2. The smallest absolute Gasteiger partial charge is 0.407 e. The van der Waals surface area contributed by atoms with Gasteiger partial charge in [0.25, 0.3) is 0 Å². The van der Waals surface area contributed by atoms with Gasteiger partial charge in [0.05, 0.1) is 36.8 Å². The van der Waals surface area contributed by atoms with Gasteiger partial charge in [-0.05, 0) is 214 Å². The minimum Gasteiger partial charge on any atom is -0.508 e. The molecule has 5 amide bonds. The lowest BCUT2D eigenvalue weighted by molar-refractivity contribution is -0.159. The van der Waals surface area contributed by atoms with Crippen molar-refractivity contribution < 1.29 is 82.2 Å². The van der Waals surface area contributed by atoms with E-state index in [0.717, 1.165) is 50.1 Å². The highest BCUT2D eigenvalue weighted by molar-refractivity contribution is 6.31. The van der Waals surface area contributed by atoms with Gasteiger partial charge in [-0.15, -0.1) is 0 Å². The molecule has 6 aromatic carbocycles. The predicted molar refractivity (Wildman–Crippen MR) is 410 cm³/mol. The third-order valence-electron chi connectivity index (χ3n) is 17.2. The molecule has 0 fully saturated rings. The molecule has 580 valence electrons. The summed E-state index contributed by atoms with van der Waals surface area (Å²) in [6.45, 7) is 18.4. The standard InChI is InChI=1S/C41H52ClN3O8.C24H30ClN3O4.C17H24O5/c1-26-19-32(46)20-27(2)33(26)22-31(24-37(48)53-41(3,4)5)39(50)45-35(36(47)23-30(38(43)49)21-28-13-7-6-8-14-28)17-11-12-18-44-40(51)52-25-29-15-9-10-16-34(29)42;25-20-11-5-4-10-18(20)16-32-24(31)28-13-7-6-12-21(26)22(29)15-19(23(27)30)14-17-8-2-1-3-9-17;1-10-6-13(18)7-11(2)14(10)8-12(16(20)21)9-15(19)22-17(3,4)5/h6-10,13-16,19-20,30-31,35,46H,11-12,17-18,21-25H2,1-5H3,(H2,43,49)(H,44,51)(H,45,50);1-5,8-11,19,21H,6-7,12-16,26H2,(H2,27,30)(H,28,31);6-7,12,18H,8-9H2,1-5H3,(H,20,21)/t30?,31?,35-;19?,21-;/m00./s1. The van der Waals surface area contributed by atoms with Crippen molar-refractivity contribution in [3.05, 3.63) is 199 Å². The number of ketones is 2. The zero-order chi connectivity index (χ0) is 79.6. The summed E-state index contributed by atoms with van der Waals surface area (Å²) in [4.78, 5) is 125. The van der Waals surface area contributed by atoms with Crippen molar-refractivity contribution >= 4 is 82.6 Å². The lowest BCUT2D eigenvalue weighted by Gasteiger charge is -2.25. The van der Waals surface area contributed by atoms with Crippen LogP contribution in [-0.2, 0) is 96.2 Å². The number of carbonyl (C=O) groups excluding carboxylic acids is 9. The number of halogens is 2. The van der Waals surface area contributed by atoms with Crippen molar-refractivity contribution in [1.82, 2.24) is 16.0 Å². The number of aliphatic carboxylic acids is 1. The van der Waals surface area contributed by atoms with Crippen LogP contribution in [0.2, 0.25) is 10.0 Å². The Balaban J connectivity index is 0.000000378. The molecule has 0 aliphatic heterocycles. The molecule has 0 saturated carbocycles. The average molecular weight is 1520 g/mol. The summed E-state index contributed by atoms with van der Waals surface area (Å²) in [5.74, 6) is -7.25. The molecule has 0 bridgehead atoms. The van der Waals surface area contributed by atoms with E-state index in [0.29, 0.717) is 60.7 Å². The molecular formula is C82H106Cl2N6O17. The van der Waals surface area contributed by atoms with Crippen molar-refractivity contribution in [3.63, 3.8) is 0 Å². The minimum atomic E-state index is -1.03. The molecule has 0 heterocycles. The first-order valence-electron chi connectivity index (χ1n) is 35.7. The summed E-state index contributed by atoms with van der Waals surface area (Å²) in [6, 6.07) is 37.5. The van der Waals surface area contributed by atoms with Crippen molar-refractivity contribution in [2.75, 3.05) is 13.1 Å². The Morgan fingerprint density at radius 2 is 0.832 bits per heavy atom. The van der Waals surface area contributed by atoms with Crippen molar-refractivity contribution in [2.45, 2.75) is 196 Å². The van der Waals surface area contributed by atoms with E-state index in [4.69, 9.17) is 59.4 Å². The van der Waals surface area contributed by atoms with E-state index >= 15 is 0 Å². The number of hydrogen-bond acceptors (Lipinski definition) is 17. The number of amides is 5. The number of carboxylic acids is 1. The molecule has 25 heteroatoms. The molecular weight excluding hydrogens is 1410 g/mol. The van der Waals surface area contributed by atoms with Crippen LogP contribution in [0.25, 0.3) is 0 Å². The normalized spacial score (nSPS) is 12.8. The van der Waals surface area contributed by atoms with Crippen LogP contribution in [0, 0.1) is 51.4 Å². The van der Waals surface area contributed by atoms with E-state index in [9.17, 15) is 63.3 Å². The SMILES string of the molecule is Cc1cc(O)cc(C)c1CC(CC(=O)OC(C)(C)C)C(=O)N[C@@H](CCCCNC(=O)OCc1ccccc1Cl)C(=O)CC(Cc1ccccc1)C(N)=O.Cc1cc(O)cc(C)c1CC(CC(=O)OC(C)(C)C)C(=O)O.NC(=O)C(CC(=O)[C@@H](N)CCCCNC(=O)OCc1ccccc1Cl)Cc1ccccc1. The van der Waals surface area contributed by atoms with Crippen LogP contribution in [0.1, 0.15) is 161 Å². The fourth-order valence-electron chi connectivity index (χ4n) is 11.6. The van der Waals surface area contributed by atoms with Gasteiger partial charge in [-0.1, -0.05) is 120 Å². The number of phenols is 2. The number of carboxylic acid groups (broad SMARTS) is 1. The highest BCUT2D eigenvalue weighted by Gasteiger charge is 2.33. The molecule has 0 spiro atoms. The molecule has 6 atom stereocenters. The molecule has 0 aliphatic rings. The maximum atomic E-state index is 14.1. The first kappa shape index (κ1) is 89.6. The second kappa shape index (κ2) is 45.0. The number of nitrogens with two attached hydrogens (primary N) is 3. The van der Waals surface area contributed by atoms with Crippen LogP contribution in [0.5, 0.6) is 11.5 Å². The number of Topliss-reactive ketones (excluding diaryl/α,β-unsaturated/α-hetero) is 2. The van der Waals surface area contributed by atoms with Gasteiger partial charge < -0.3 is 67.4 Å². The van der Waals surface area contributed by atoms with Crippen molar-refractivity contribution in [1.29, 1.82) is 0 Å². The zero-order valence-corrected chi connectivity index (χ0v) is 64.5. The van der Waals surface area contributed by atoms with Crippen LogP contribution in [-0.4, -0.2) is 111 Å². The molecule has 12 N–H and O–H groups in total. The molecule has 23 nitrogen and oxygen atoms in total. The number of primary amides is 2. The summed E-state index contributed by atoms with van der Waals surface area (Å²) in [5, 5.41) is 38.3. The number of phenolic OH excluding ortho intramolecular Hbond substituents is 2. The fraction of sp³-hybridized carbons (Fsp3) is 0.439. The molecule has 6 rings (SSSR count). The number of aryl methyl sites for hydroxylation is 4. The molecule has 107 heavy (non-hydrogen) atoms. The van der Waals surface area contributed by atoms with Gasteiger partial charge in [-0.2, -0.15) is 0 Å². The Morgan fingerprint density at radius 3 is 1.21 bits per heavy atom. The minimum absolute atomic E-state index is 0.00573. The van der Waals surface area contributed by atoms with Gasteiger partial charge in [-0.3, -0.25) is 38.4 Å². The first-order valence-corrected chi connectivity index (χ1v) is 36.4. The number of nitrogens with one attached hydrogen (secondary N) is 3. The van der Waals surface area contributed by atoms with Crippen LogP contribution in [0.15, 0.2) is 133 Å². The Hall–Kier alpha value is -9.84. The van der Waals surface area contributed by atoms with E-state index in [1.165, 1.54) is 0 Å². The third-order valence-corrected chi connectivity index (χ3v) is 17.9. The number of hydrogen-bond donors (Lipinski definition) is 9. The Morgan fingerprint density at radius 1 is 0.467 bits per heavy atom. The maximum Gasteiger partial charge on any atom is 0.407 e. The van der Waals surface area contributed by atoms with Crippen LogP contribution < -0.4 is 33.2 Å². The molecule has 4 unspecified atom stereocenters. The maximum absolute atomic E-state index is 14.1. The van der Waals surface area contributed by atoms with E-state index in [-0.39, 0.29) is 94.2 Å². The van der Waals surface area contributed by atoms with Crippen molar-refractivity contribution in [3.8, 4) is 11.5 Å². The lowest BCUT2D eigenvalue weighted by Crippen LogP contribution is -2.46. The summed E-state index contributed by atoms with van der Waals surface area (Å²) < 4.78 is 21.1. The van der Waals surface area contributed by atoms with Gasteiger partial charge in [0.1, 0.15) is 41.7 Å². The number of aromatic hydroxyl groups is 2. The molecule has 0 aliphatic carbocycles. The average Bonchev–Trinajstić information content (AvgIpc) is 0.836. The Kier molecular flexibility index (Phi) is 37.6. The van der Waals surface area contributed by atoms with Crippen LogP contribution >= 0.6 is 23.2 Å². The fourth-order valence-corrected chi connectivity index (χ4v) is 12.0. The lowest BCUT2D eigenvalue weighted by atomic mass is 9.88. The van der Waals surface area contributed by atoms with E-state index in [1.807, 2.05) is 94.4 Å². The van der Waals surface area contributed by atoms with Gasteiger partial charge in [-0.25, -0.2) is 9.59 Å². The predicted octanol–water partition coefficient (Wildman–Crippen LogP) is 12.8. The van der Waals surface area contributed by atoms with Crippen molar-refractivity contribution in [2.24, 2.45) is 40.9 Å². The number of ether oxygens (including phenoxy) is 4. The van der Waals surface area contributed by atoms with E-state index < -0.39 is 94.8 Å². The summed E-state index contributed by atoms with van der Waals surface area (Å²) in [7, 11) is 0. The number of esters is 2. The second-order valence-corrected chi connectivity index (χ2v) is 29.4. The van der Waals surface area contributed by atoms with Gasteiger partial charge >= 0.3 is 30.1 Å². The zero-order valence-electron chi connectivity index (χ0n) is 62.9.